The van der Waals surface area contributed by atoms with Crippen LogP contribution in [0, 0.1) is 5.82 Å². The van der Waals surface area contributed by atoms with Crippen molar-refractivity contribution in [2.24, 2.45) is 0 Å². The molecule has 0 aliphatic heterocycles. The molecule has 2 N–H and O–H groups in total. The van der Waals surface area contributed by atoms with Crippen LogP contribution in [0.1, 0.15) is 27.6 Å². The van der Waals surface area contributed by atoms with Crippen LogP contribution in [0.15, 0.2) is 40.9 Å². The molecule has 6 nitrogen and oxygen atoms in total. The molecule has 0 saturated heterocycles. The third kappa shape index (κ3) is 4.66. The van der Waals surface area contributed by atoms with Crippen molar-refractivity contribution in [3.63, 3.8) is 0 Å². The Labute approximate surface area is 157 Å². The third-order valence-electron chi connectivity index (χ3n) is 3.49. The molecule has 0 spiro atoms. The van der Waals surface area contributed by atoms with Crippen molar-refractivity contribution in [2.45, 2.75) is 6.92 Å². The molecule has 0 aliphatic rings. The highest BCUT2D eigenvalue weighted by atomic mass is 79.9. The monoisotopic (exact) mass is 422 g/mol. The van der Waals surface area contributed by atoms with Crippen LogP contribution < -0.4 is 10.6 Å². The smallest absolute Gasteiger partial charge is 0.339 e. The molecule has 26 heavy (non-hydrogen) atoms. The van der Waals surface area contributed by atoms with Crippen molar-refractivity contribution in [2.75, 3.05) is 24.3 Å². The van der Waals surface area contributed by atoms with Crippen molar-refractivity contribution in [3.05, 3.63) is 57.8 Å². The van der Waals surface area contributed by atoms with Crippen molar-refractivity contribution in [1.82, 2.24) is 0 Å². The van der Waals surface area contributed by atoms with Crippen LogP contribution in [0.5, 0.6) is 0 Å². The summed E-state index contributed by atoms with van der Waals surface area (Å²) in [6.45, 7) is 1.12. The number of rotatable bonds is 6. The Kier molecular flexibility index (Phi) is 6.46. The highest BCUT2D eigenvalue weighted by Crippen LogP contribution is 2.25. The SMILES string of the molecule is COC(=O)c1ccccc1NC(=O)CNc1cc(Br)c(F)cc1C(C)=O. The topological polar surface area (TPSA) is 84.5 Å². The molecule has 0 atom stereocenters. The average molecular weight is 423 g/mol. The van der Waals surface area contributed by atoms with Gasteiger partial charge in [-0.25, -0.2) is 9.18 Å². The number of halogens is 2. The van der Waals surface area contributed by atoms with Crippen LogP contribution in [-0.2, 0) is 9.53 Å². The first kappa shape index (κ1) is 19.6. The molecule has 0 saturated carbocycles. The Morgan fingerprint density at radius 1 is 1.12 bits per heavy atom. The van der Waals surface area contributed by atoms with E-state index in [1.165, 1.54) is 26.2 Å². The van der Waals surface area contributed by atoms with Gasteiger partial charge >= 0.3 is 5.97 Å². The summed E-state index contributed by atoms with van der Waals surface area (Å²) >= 11 is 3.05. The first-order valence-electron chi connectivity index (χ1n) is 7.54. The van der Waals surface area contributed by atoms with Crippen LogP contribution in [0.25, 0.3) is 0 Å². The minimum Gasteiger partial charge on any atom is -0.465 e. The van der Waals surface area contributed by atoms with Gasteiger partial charge in [0.05, 0.1) is 29.4 Å². The molecule has 0 heterocycles. The van der Waals surface area contributed by atoms with Gasteiger partial charge in [-0.1, -0.05) is 12.1 Å². The summed E-state index contributed by atoms with van der Waals surface area (Å²) in [5.74, 6) is -1.93. The molecular formula is C18H16BrFN2O4. The first-order chi connectivity index (χ1) is 12.3. The molecule has 2 rings (SSSR count). The number of ketones is 1. The molecule has 0 fully saturated rings. The Bertz CT molecular complexity index is 870. The first-order valence-corrected chi connectivity index (χ1v) is 8.33. The van der Waals surface area contributed by atoms with Gasteiger partial charge in [-0.3, -0.25) is 9.59 Å². The number of para-hydroxylation sites is 1. The van der Waals surface area contributed by atoms with E-state index in [0.29, 0.717) is 11.4 Å². The summed E-state index contributed by atoms with van der Waals surface area (Å²) in [5.41, 5.74) is 0.978. The van der Waals surface area contributed by atoms with Gasteiger partial charge in [0.1, 0.15) is 5.82 Å². The van der Waals surface area contributed by atoms with E-state index in [1.54, 1.807) is 18.2 Å². The average Bonchev–Trinajstić information content (AvgIpc) is 2.62. The molecule has 2 aromatic carbocycles. The lowest BCUT2D eigenvalue weighted by molar-refractivity contribution is -0.114. The number of carbonyl (C=O) groups is 3. The Balaban J connectivity index is 2.12. The van der Waals surface area contributed by atoms with E-state index >= 15 is 0 Å². The zero-order valence-electron chi connectivity index (χ0n) is 14.1. The molecule has 8 heteroatoms. The van der Waals surface area contributed by atoms with Crippen LogP contribution in [0.4, 0.5) is 15.8 Å². The summed E-state index contributed by atoms with van der Waals surface area (Å²) in [7, 11) is 1.25. The molecular weight excluding hydrogens is 407 g/mol. The van der Waals surface area contributed by atoms with E-state index in [2.05, 4.69) is 31.3 Å². The lowest BCUT2D eigenvalue weighted by atomic mass is 10.1. The fourth-order valence-electron chi connectivity index (χ4n) is 2.23. The highest BCUT2D eigenvalue weighted by molar-refractivity contribution is 9.10. The lowest BCUT2D eigenvalue weighted by Crippen LogP contribution is -2.23. The van der Waals surface area contributed by atoms with E-state index < -0.39 is 17.7 Å². The normalized spacial score (nSPS) is 10.2. The van der Waals surface area contributed by atoms with Crippen LogP contribution in [-0.4, -0.2) is 31.3 Å². The highest BCUT2D eigenvalue weighted by Gasteiger charge is 2.15. The Morgan fingerprint density at radius 2 is 1.81 bits per heavy atom. The minimum absolute atomic E-state index is 0.133. The number of nitrogens with one attached hydrogen (secondary N) is 2. The molecule has 0 unspecified atom stereocenters. The van der Waals surface area contributed by atoms with Gasteiger partial charge in [-0.2, -0.15) is 0 Å². The molecule has 0 bridgehead atoms. The quantitative estimate of drug-likeness (QED) is 0.548. The lowest BCUT2D eigenvalue weighted by Gasteiger charge is -2.13. The largest absolute Gasteiger partial charge is 0.465 e. The number of anilines is 2. The van der Waals surface area contributed by atoms with E-state index in [-0.39, 0.29) is 27.9 Å². The second kappa shape index (κ2) is 8.57. The number of esters is 1. The predicted octanol–water partition coefficient (Wildman–Crippen LogP) is 3.63. The number of carbonyl (C=O) groups excluding carboxylic acids is 3. The summed E-state index contributed by atoms with van der Waals surface area (Å²) in [4.78, 5) is 35.5. The van der Waals surface area contributed by atoms with Gasteiger partial charge in [0.15, 0.2) is 5.78 Å². The molecule has 0 aromatic heterocycles. The number of ether oxygens (including phenoxy) is 1. The summed E-state index contributed by atoms with van der Waals surface area (Å²) in [6.07, 6.45) is 0. The molecule has 0 aliphatic carbocycles. The van der Waals surface area contributed by atoms with Crippen LogP contribution >= 0.6 is 15.9 Å². The molecule has 2 aromatic rings. The standard InChI is InChI=1S/C18H16BrFN2O4/c1-10(23)12-7-14(20)13(19)8-16(12)21-9-17(24)22-15-6-4-3-5-11(15)18(25)26-2/h3-8,21H,9H2,1-2H3,(H,22,24). The molecule has 136 valence electrons. The maximum absolute atomic E-state index is 13.6. The van der Waals surface area contributed by atoms with Gasteiger partial charge < -0.3 is 15.4 Å². The van der Waals surface area contributed by atoms with Gasteiger partial charge in [-0.15, -0.1) is 0 Å². The van der Waals surface area contributed by atoms with Gasteiger partial charge in [0, 0.05) is 11.3 Å². The zero-order chi connectivity index (χ0) is 19.3. The van der Waals surface area contributed by atoms with E-state index in [9.17, 15) is 18.8 Å². The molecule has 1 amide bonds. The second-order valence-corrected chi connectivity index (χ2v) is 6.16. The fraction of sp³-hybridized carbons (Fsp3) is 0.167. The Morgan fingerprint density at radius 3 is 2.46 bits per heavy atom. The molecule has 0 radical (unpaired) electrons. The Hall–Kier alpha value is -2.74. The minimum atomic E-state index is -0.574. The van der Waals surface area contributed by atoms with Gasteiger partial charge in [-0.05, 0) is 47.1 Å². The van der Waals surface area contributed by atoms with Crippen molar-refractivity contribution in [3.8, 4) is 0 Å². The number of benzene rings is 2. The van der Waals surface area contributed by atoms with Gasteiger partial charge in [0.2, 0.25) is 5.91 Å². The third-order valence-corrected chi connectivity index (χ3v) is 4.09. The number of hydrogen-bond acceptors (Lipinski definition) is 5. The number of Topliss-reactive ketones (excluding diaryl/α,β-unsaturated/α-hetero) is 1. The number of hydrogen-bond donors (Lipinski definition) is 2. The summed E-state index contributed by atoms with van der Waals surface area (Å²) in [5, 5.41) is 5.40. The van der Waals surface area contributed by atoms with Crippen LogP contribution in [0.3, 0.4) is 0 Å². The van der Waals surface area contributed by atoms with Crippen LogP contribution in [0.2, 0.25) is 0 Å². The second-order valence-electron chi connectivity index (χ2n) is 5.31. The number of methoxy groups -OCH3 is 1. The number of amides is 1. The fourth-order valence-corrected chi connectivity index (χ4v) is 2.58. The van der Waals surface area contributed by atoms with E-state index in [1.807, 2.05) is 0 Å². The van der Waals surface area contributed by atoms with Gasteiger partial charge in [0.25, 0.3) is 0 Å². The maximum atomic E-state index is 13.6. The zero-order valence-corrected chi connectivity index (χ0v) is 15.6. The predicted molar refractivity (Wildman–Crippen MR) is 99.0 cm³/mol. The van der Waals surface area contributed by atoms with E-state index in [4.69, 9.17) is 0 Å². The summed E-state index contributed by atoms with van der Waals surface area (Å²) < 4.78 is 18.4. The van der Waals surface area contributed by atoms with Crippen molar-refractivity contribution < 1.29 is 23.5 Å². The maximum Gasteiger partial charge on any atom is 0.339 e. The van der Waals surface area contributed by atoms with Crippen molar-refractivity contribution in [1.29, 1.82) is 0 Å². The van der Waals surface area contributed by atoms with Crippen molar-refractivity contribution >= 4 is 45.0 Å². The summed E-state index contributed by atoms with van der Waals surface area (Å²) in [6, 6.07) is 8.90. The van der Waals surface area contributed by atoms with E-state index in [0.717, 1.165) is 6.07 Å².